The van der Waals surface area contributed by atoms with Gasteiger partial charge in [0.1, 0.15) is 9.79 Å². The lowest BCUT2D eigenvalue weighted by Crippen LogP contribution is -2.39. The molecule has 0 spiro atoms. The number of nitrogens with two attached hydrogens (primary N) is 1. The van der Waals surface area contributed by atoms with Gasteiger partial charge in [-0.25, -0.2) is 22.0 Å². The van der Waals surface area contributed by atoms with Crippen LogP contribution in [0.4, 0.5) is 0 Å². The molecule has 1 aliphatic rings. The smallest absolute Gasteiger partial charge is 0.225 e. The Morgan fingerprint density at radius 2 is 1.71 bits per heavy atom. The van der Waals surface area contributed by atoms with E-state index < -0.39 is 20.0 Å². The van der Waals surface area contributed by atoms with E-state index in [-0.39, 0.29) is 21.8 Å². The fourth-order valence-corrected chi connectivity index (χ4v) is 5.94. The van der Waals surface area contributed by atoms with Crippen LogP contribution in [0.25, 0.3) is 0 Å². The fourth-order valence-electron chi connectivity index (χ4n) is 2.76. The molecule has 1 aromatic rings. The van der Waals surface area contributed by atoms with Crippen molar-refractivity contribution < 1.29 is 16.8 Å². The summed E-state index contributed by atoms with van der Waals surface area (Å²) in [5.41, 5.74) is 0. The molecule has 0 amide bonds. The maximum Gasteiger partial charge on any atom is 0.244 e. The minimum atomic E-state index is -4.09. The zero-order chi connectivity index (χ0) is 15.8. The Bertz CT molecular complexity index is 726. The van der Waals surface area contributed by atoms with Crippen molar-refractivity contribution in [2.45, 2.75) is 42.5 Å². The summed E-state index contributed by atoms with van der Waals surface area (Å²) in [5.74, 6) is 0.170. The summed E-state index contributed by atoms with van der Waals surface area (Å²) in [6.07, 6.45) is 1.56. The van der Waals surface area contributed by atoms with Gasteiger partial charge in [-0.3, -0.25) is 0 Å². The minimum absolute atomic E-state index is 0.108. The standard InChI is InChI=1S/C13H20N2O4S2/c1-10(2)11-6-5-9-15(11)21(18,19)13-8-4-3-7-12(13)20(14,16)17/h3-4,7-8,10-11H,5-6,9H2,1-2H3,(H2,14,16,17). The average molecular weight is 332 g/mol. The number of primary sulfonamides is 1. The van der Waals surface area contributed by atoms with Crippen LogP contribution in [0.3, 0.4) is 0 Å². The van der Waals surface area contributed by atoms with Gasteiger partial charge in [0.15, 0.2) is 0 Å². The van der Waals surface area contributed by atoms with Crippen molar-refractivity contribution in [1.29, 1.82) is 0 Å². The average Bonchev–Trinajstić information content (AvgIpc) is 2.88. The van der Waals surface area contributed by atoms with Crippen LogP contribution in [0, 0.1) is 5.92 Å². The van der Waals surface area contributed by atoms with Crippen LogP contribution in [0.1, 0.15) is 26.7 Å². The molecule has 21 heavy (non-hydrogen) atoms. The summed E-state index contributed by atoms with van der Waals surface area (Å²) >= 11 is 0. The van der Waals surface area contributed by atoms with E-state index in [1.807, 2.05) is 13.8 Å². The molecule has 6 nitrogen and oxygen atoms in total. The summed E-state index contributed by atoms with van der Waals surface area (Å²) < 4.78 is 50.3. The van der Waals surface area contributed by atoms with Crippen molar-refractivity contribution in [3.05, 3.63) is 24.3 Å². The fraction of sp³-hybridized carbons (Fsp3) is 0.538. The molecule has 0 bridgehead atoms. The third-order valence-corrected chi connectivity index (χ3v) is 6.84. The Labute approximate surface area is 126 Å². The van der Waals surface area contributed by atoms with E-state index in [1.54, 1.807) is 0 Å². The monoisotopic (exact) mass is 332 g/mol. The van der Waals surface area contributed by atoms with Crippen molar-refractivity contribution in [2.75, 3.05) is 6.54 Å². The van der Waals surface area contributed by atoms with E-state index in [0.717, 1.165) is 12.8 Å². The first-order chi connectivity index (χ1) is 9.65. The normalized spacial score (nSPS) is 21.0. The first-order valence-corrected chi connectivity index (χ1v) is 9.78. The molecule has 0 aliphatic carbocycles. The van der Waals surface area contributed by atoms with Crippen molar-refractivity contribution in [3.63, 3.8) is 0 Å². The summed E-state index contributed by atoms with van der Waals surface area (Å²) in [5, 5.41) is 5.14. The number of hydrogen-bond donors (Lipinski definition) is 1. The van der Waals surface area contributed by atoms with Crippen LogP contribution in [-0.2, 0) is 20.0 Å². The van der Waals surface area contributed by atoms with Gasteiger partial charge >= 0.3 is 0 Å². The molecule has 1 aromatic carbocycles. The molecule has 1 aliphatic heterocycles. The van der Waals surface area contributed by atoms with E-state index in [2.05, 4.69) is 0 Å². The van der Waals surface area contributed by atoms with Crippen molar-refractivity contribution in [2.24, 2.45) is 11.1 Å². The highest BCUT2D eigenvalue weighted by molar-refractivity contribution is 7.92. The molecular weight excluding hydrogens is 312 g/mol. The topological polar surface area (TPSA) is 97.5 Å². The van der Waals surface area contributed by atoms with E-state index >= 15 is 0 Å². The van der Waals surface area contributed by atoms with Gasteiger partial charge in [-0.2, -0.15) is 4.31 Å². The van der Waals surface area contributed by atoms with Gasteiger partial charge in [-0.05, 0) is 30.9 Å². The lowest BCUT2D eigenvalue weighted by Gasteiger charge is -2.27. The van der Waals surface area contributed by atoms with Crippen molar-refractivity contribution in [3.8, 4) is 0 Å². The number of sulfonamides is 2. The lowest BCUT2D eigenvalue weighted by molar-refractivity contribution is 0.315. The van der Waals surface area contributed by atoms with E-state index in [4.69, 9.17) is 5.14 Å². The molecule has 0 aromatic heterocycles. The van der Waals surface area contributed by atoms with Gasteiger partial charge in [-0.15, -0.1) is 0 Å². The highest BCUT2D eigenvalue weighted by atomic mass is 32.2. The van der Waals surface area contributed by atoms with Gasteiger partial charge in [0.2, 0.25) is 20.0 Å². The maximum absolute atomic E-state index is 12.8. The van der Waals surface area contributed by atoms with Gasteiger partial charge in [0.25, 0.3) is 0 Å². The van der Waals surface area contributed by atoms with Crippen LogP contribution < -0.4 is 5.14 Å². The molecule has 0 radical (unpaired) electrons. The third kappa shape index (κ3) is 3.13. The highest BCUT2D eigenvalue weighted by Gasteiger charge is 2.38. The molecule has 1 heterocycles. The third-order valence-electron chi connectivity index (χ3n) is 3.76. The predicted octanol–water partition coefficient (Wildman–Crippen LogP) is 1.14. The Morgan fingerprint density at radius 3 is 2.24 bits per heavy atom. The molecule has 0 saturated carbocycles. The van der Waals surface area contributed by atoms with Crippen LogP contribution in [0.2, 0.25) is 0 Å². The molecule has 118 valence electrons. The molecular formula is C13H20N2O4S2. The Morgan fingerprint density at radius 1 is 1.14 bits per heavy atom. The molecule has 1 unspecified atom stereocenters. The van der Waals surface area contributed by atoms with Crippen molar-refractivity contribution in [1.82, 2.24) is 4.31 Å². The SMILES string of the molecule is CC(C)C1CCCN1S(=O)(=O)c1ccccc1S(N)(=O)=O. The second-order valence-corrected chi connectivity index (χ2v) is 8.95. The van der Waals surface area contributed by atoms with Crippen LogP contribution in [-0.4, -0.2) is 33.7 Å². The Balaban J connectivity index is 2.56. The largest absolute Gasteiger partial charge is 0.244 e. The maximum atomic E-state index is 12.8. The molecule has 1 fully saturated rings. The summed E-state index contributed by atoms with van der Waals surface area (Å²) in [7, 11) is -7.96. The first kappa shape index (κ1) is 16.4. The molecule has 2 N–H and O–H groups in total. The molecule has 8 heteroatoms. The summed E-state index contributed by atoms with van der Waals surface area (Å²) in [6, 6.07) is 5.38. The quantitative estimate of drug-likeness (QED) is 0.894. The second kappa shape index (κ2) is 5.68. The number of rotatable bonds is 4. The zero-order valence-electron chi connectivity index (χ0n) is 12.1. The molecule has 1 saturated heterocycles. The van der Waals surface area contributed by atoms with Gasteiger partial charge in [0, 0.05) is 12.6 Å². The number of hydrogen-bond acceptors (Lipinski definition) is 4. The van der Waals surface area contributed by atoms with Gasteiger partial charge < -0.3 is 0 Å². The predicted molar refractivity (Wildman–Crippen MR) is 79.6 cm³/mol. The molecule has 2 rings (SSSR count). The van der Waals surface area contributed by atoms with E-state index in [1.165, 1.54) is 28.6 Å². The Hall–Kier alpha value is -0.960. The summed E-state index contributed by atoms with van der Waals surface area (Å²) in [4.78, 5) is -0.584. The van der Waals surface area contributed by atoms with Crippen LogP contribution in [0.5, 0.6) is 0 Å². The summed E-state index contributed by atoms with van der Waals surface area (Å²) in [6.45, 7) is 4.33. The van der Waals surface area contributed by atoms with Gasteiger partial charge in [-0.1, -0.05) is 26.0 Å². The second-order valence-electron chi connectivity index (χ2n) is 5.56. The van der Waals surface area contributed by atoms with E-state index in [9.17, 15) is 16.8 Å². The highest BCUT2D eigenvalue weighted by Crippen LogP contribution is 2.32. The van der Waals surface area contributed by atoms with E-state index in [0.29, 0.717) is 6.54 Å². The van der Waals surface area contributed by atoms with Crippen molar-refractivity contribution >= 4 is 20.0 Å². The number of nitrogens with zero attached hydrogens (tertiary/aromatic N) is 1. The Kier molecular flexibility index (Phi) is 4.44. The molecule has 1 atom stereocenters. The van der Waals surface area contributed by atoms with Crippen LogP contribution >= 0.6 is 0 Å². The first-order valence-electron chi connectivity index (χ1n) is 6.79. The lowest BCUT2D eigenvalue weighted by atomic mass is 10.0. The zero-order valence-corrected chi connectivity index (χ0v) is 13.7. The van der Waals surface area contributed by atoms with Crippen LogP contribution in [0.15, 0.2) is 34.1 Å². The minimum Gasteiger partial charge on any atom is -0.225 e. The van der Waals surface area contributed by atoms with Gasteiger partial charge in [0.05, 0.1) is 0 Å². The number of benzene rings is 1.